The Kier molecular flexibility index (Phi) is 3.69. The van der Waals surface area contributed by atoms with Gasteiger partial charge in [-0.25, -0.2) is 0 Å². The lowest BCUT2D eigenvalue weighted by Gasteiger charge is -2.21. The van der Waals surface area contributed by atoms with E-state index in [2.05, 4.69) is 35.9 Å². The maximum Gasteiger partial charge on any atom is 0.126 e. The van der Waals surface area contributed by atoms with E-state index in [4.69, 9.17) is 4.74 Å². The van der Waals surface area contributed by atoms with Crippen molar-refractivity contribution in [3.8, 4) is 0 Å². The molecule has 1 heterocycles. The average molecular weight is 298 g/mol. The predicted octanol–water partition coefficient (Wildman–Crippen LogP) is 3.44. The van der Waals surface area contributed by atoms with Crippen molar-refractivity contribution in [2.75, 3.05) is 26.2 Å². The molecule has 1 aromatic heterocycles. The molecular weight excluding hydrogens is 272 g/mol. The van der Waals surface area contributed by atoms with E-state index in [0.717, 1.165) is 49.9 Å². The number of hydrogen-bond acceptors (Lipinski definition) is 3. The van der Waals surface area contributed by atoms with Crippen LogP contribution in [-0.2, 0) is 4.74 Å². The maximum absolute atomic E-state index is 6.35. The van der Waals surface area contributed by atoms with Crippen molar-refractivity contribution in [3.63, 3.8) is 0 Å². The second-order valence-corrected chi connectivity index (χ2v) is 6.92. The quantitative estimate of drug-likeness (QED) is 0.721. The van der Waals surface area contributed by atoms with E-state index in [1.54, 1.807) is 5.57 Å². The molecule has 4 bridgehead atoms. The minimum absolute atomic E-state index is 0.789. The van der Waals surface area contributed by atoms with Crippen LogP contribution in [0.25, 0.3) is 5.76 Å². The fourth-order valence-electron chi connectivity index (χ4n) is 4.82. The standard InChI is InChI=1S/C19H26N2O/c1-3-21(4-2)9-10-22-19(13-5-7-20-8-6-13)17-14-11-15-16(12-14)18(15)17/h5-8,14-16,18H,3-4,9-12H2,1-2H3/b19-17-. The summed E-state index contributed by atoms with van der Waals surface area (Å²) in [6.45, 7) is 8.42. The highest BCUT2D eigenvalue weighted by atomic mass is 16.5. The summed E-state index contributed by atoms with van der Waals surface area (Å²) in [6, 6.07) is 4.21. The van der Waals surface area contributed by atoms with E-state index in [1.165, 1.54) is 24.2 Å². The van der Waals surface area contributed by atoms with Gasteiger partial charge in [-0.2, -0.15) is 0 Å². The fourth-order valence-corrected chi connectivity index (χ4v) is 4.82. The Morgan fingerprint density at radius 2 is 1.86 bits per heavy atom. The lowest BCUT2D eigenvalue weighted by Crippen LogP contribution is -2.27. The lowest BCUT2D eigenvalue weighted by molar-refractivity contribution is 0.200. The maximum atomic E-state index is 6.35. The molecule has 4 fully saturated rings. The monoisotopic (exact) mass is 298 g/mol. The van der Waals surface area contributed by atoms with Crippen LogP contribution in [0, 0.1) is 23.7 Å². The van der Waals surface area contributed by atoms with E-state index in [9.17, 15) is 0 Å². The number of rotatable bonds is 7. The Labute approximate surface area is 133 Å². The van der Waals surface area contributed by atoms with Gasteiger partial charge >= 0.3 is 0 Å². The summed E-state index contributed by atoms with van der Waals surface area (Å²) in [5.41, 5.74) is 2.86. The van der Waals surface area contributed by atoms with Gasteiger partial charge in [0.1, 0.15) is 12.4 Å². The average Bonchev–Trinajstić information content (AvgIpc) is 2.93. The van der Waals surface area contributed by atoms with Gasteiger partial charge in [0, 0.05) is 24.5 Å². The first-order chi connectivity index (χ1) is 10.8. The smallest absolute Gasteiger partial charge is 0.126 e. The number of hydrogen-bond donors (Lipinski definition) is 0. The van der Waals surface area contributed by atoms with Crippen LogP contribution < -0.4 is 0 Å². The summed E-state index contributed by atoms with van der Waals surface area (Å²) in [6.07, 6.45) is 6.60. The van der Waals surface area contributed by atoms with Gasteiger partial charge in [-0.3, -0.25) is 4.98 Å². The van der Waals surface area contributed by atoms with E-state index in [1.807, 2.05) is 12.4 Å². The largest absolute Gasteiger partial charge is 0.492 e. The summed E-state index contributed by atoms with van der Waals surface area (Å²) in [5, 5.41) is 0. The first-order valence-electron chi connectivity index (χ1n) is 8.83. The molecule has 4 aliphatic rings. The molecule has 3 heteroatoms. The zero-order valence-electron chi connectivity index (χ0n) is 13.7. The van der Waals surface area contributed by atoms with Gasteiger partial charge in [-0.1, -0.05) is 13.8 Å². The van der Waals surface area contributed by atoms with Crippen LogP contribution in [0.1, 0.15) is 32.3 Å². The Hall–Kier alpha value is -1.35. The molecule has 3 nitrogen and oxygen atoms in total. The number of allylic oxidation sites excluding steroid dienone is 1. The van der Waals surface area contributed by atoms with Crippen LogP contribution in [0.4, 0.5) is 0 Å². The highest BCUT2D eigenvalue weighted by molar-refractivity contribution is 5.67. The molecule has 0 amide bonds. The van der Waals surface area contributed by atoms with E-state index < -0.39 is 0 Å². The minimum atomic E-state index is 0.789. The summed E-state index contributed by atoms with van der Waals surface area (Å²) >= 11 is 0. The number of likely N-dealkylation sites (N-methyl/N-ethyl adjacent to an activating group) is 1. The van der Waals surface area contributed by atoms with E-state index in [-0.39, 0.29) is 0 Å². The molecule has 2 atom stereocenters. The Morgan fingerprint density at radius 3 is 2.41 bits per heavy atom. The predicted molar refractivity (Wildman–Crippen MR) is 88.1 cm³/mol. The number of aromatic nitrogens is 1. The lowest BCUT2D eigenvalue weighted by atomic mass is 10.0. The van der Waals surface area contributed by atoms with Crippen LogP contribution >= 0.6 is 0 Å². The van der Waals surface area contributed by atoms with Crippen molar-refractivity contribution in [1.29, 1.82) is 0 Å². The van der Waals surface area contributed by atoms with Gasteiger partial charge in [-0.05, 0) is 67.3 Å². The SMILES string of the molecule is CCN(CC)CCO/C(=C1/C2CC3C(C2)C13)c1ccncc1. The minimum Gasteiger partial charge on any atom is -0.492 e. The van der Waals surface area contributed by atoms with Gasteiger partial charge in [0.05, 0.1) is 0 Å². The normalized spacial score (nSPS) is 33.4. The molecule has 118 valence electrons. The van der Waals surface area contributed by atoms with Gasteiger partial charge in [0.25, 0.3) is 0 Å². The zero-order chi connectivity index (χ0) is 15.1. The van der Waals surface area contributed by atoms with Gasteiger partial charge in [0.2, 0.25) is 0 Å². The highest BCUT2D eigenvalue weighted by Crippen LogP contribution is 2.74. The molecule has 0 saturated heterocycles. The Balaban J connectivity index is 1.54. The number of pyridine rings is 1. The molecule has 0 aliphatic heterocycles. The number of nitrogens with zero attached hydrogens (tertiary/aromatic N) is 2. The van der Waals surface area contributed by atoms with Gasteiger partial charge in [-0.15, -0.1) is 0 Å². The van der Waals surface area contributed by atoms with Crippen LogP contribution in [0.3, 0.4) is 0 Å². The van der Waals surface area contributed by atoms with E-state index in [0.29, 0.717) is 0 Å². The van der Waals surface area contributed by atoms with Crippen LogP contribution in [-0.4, -0.2) is 36.1 Å². The molecule has 5 rings (SSSR count). The Morgan fingerprint density at radius 1 is 1.18 bits per heavy atom. The van der Waals surface area contributed by atoms with Crippen molar-refractivity contribution >= 4 is 5.76 Å². The fraction of sp³-hybridized carbons (Fsp3) is 0.632. The van der Waals surface area contributed by atoms with Gasteiger partial charge in [0.15, 0.2) is 0 Å². The molecule has 4 saturated carbocycles. The van der Waals surface area contributed by atoms with Crippen LogP contribution in [0.5, 0.6) is 0 Å². The summed E-state index contributed by atoms with van der Waals surface area (Å²) in [5.74, 6) is 4.82. The molecule has 0 N–H and O–H groups in total. The second-order valence-electron chi connectivity index (χ2n) is 6.92. The zero-order valence-corrected chi connectivity index (χ0v) is 13.7. The third-order valence-corrected chi connectivity index (χ3v) is 6.00. The van der Waals surface area contributed by atoms with Crippen LogP contribution in [0.2, 0.25) is 0 Å². The van der Waals surface area contributed by atoms with Crippen LogP contribution in [0.15, 0.2) is 30.1 Å². The third-order valence-electron chi connectivity index (χ3n) is 6.00. The van der Waals surface area contributed by atoms with Crippen molar-refractivity contribution in [2.45, 2.75) is 26.7 Å². The molecule has 22 heavy (non-hydrogen) atoms. The molecule has 2 unspecified atom stereocenters. The molecule has 1 aromatic rings. The van der Waals surface area contributed by atoms with Gasteiger partial charge < -0.3 is 9.64 Å². The molecule has 0 radical (unpaired) electrons. The highest BCUT2D eigenvalue weighted by Gasteiger charge is 2.66. The summed E-state index contributed by atoms with van der Waals surface area (Å²) in [4.78, 5) is 6.58. The van der Waals surface area contributed by atoms with E-state index >= 15 is 0 Å². The summed E-state index contributed by atoms with van der Waals surface area (Å²) in [7, 11) is 0. The molecular formula is C19H26N2O. The molecule has 4 aliphatic carbocycles. The topological polar surface area (TPSA) is 25.4 Å². The van der Waals surface area contributed by atoms with Crippen molar-refractivity contribution in [2.24, 2.45) is 23.7 Å². The Bertz CT molecular complexity index is 548. The number of ether oxygens (including phenoxy) is 1. The molecule has 0 spiro atoms. The third kappa shape index (κ3) is 2.26. The van der Waals surface area contributed by atoms with Crippen molar-refractivity contribution in [1.82, 2.24) is 9.88 Å². The molecule has 0 aromatic carbocycles. The second kappa shape index (κ2) is 5.69. The first kappa shape index (κ1) is 14.3. The van der Waals surface area contributed by atoms with Crippen molar-refractivity contribution in [3.05, 3.63) is 35.7 Å². The first-order valence-corrected chi connectivity index (χ1v) is 8.83. The summed E-state index contributed by atoms with van der Waals surface area (Å²) < 4.78 is 6.35. The van der Waals surface area contributed by atoms with Crippen molar-refractivity contribution < 1.29 is 4.74 Å².